The Labute approximate surface area is 110 Å². The van der Waals surface area contributed by atoms with Gasteiger partial charge in [-0.15, -0.1) is 0 Å². The largest absolute Gasteiger partial charge is 0.463 e. The molecular weight excluding hydrogens is 256 g/mol. The minimum Gasteiger partial charge on any atom is -0.463 e. The van der Waals surface area contributed by atoms with Gasteiger partial charge in [0.25, 0.3) is 0 Å². The summed E-state index contributed by atoms with van der Waals surface area (Å²) in [6.07, 6.45) is -3.48. The molecular formula is C12H18O7. The topological polar surface area (TPSA) is 83.5 Å². The Morgan fingerprint density at radius 3 is 2.58 bits per heavy atom. The summed E-state index contributed by atoms with van der Waals surface area (Å²) in [7, 11) is 0. The van der Waals surface area contributed by atoms with Crippen LogP contribution in [0.2, 0.25) is 0 Å². The van der Waals surface area contributed by atoms with Crippen LogP contribution in [0.5, 0.6) is 0 Å². The summed E-state index contributed by atoms with van der Waals surface area (Å²) in [5, 5.41) is 10.3. The molecule has 0 aromatic heterocycles. The van der Waals surface area contributed by atoms with Gasteiger partial charge in [-0.3, -0.25) is 4.79 Å². The zero-order chi connectivity index (χ0) is 13.8. The van der Waals surface area contributed by atoms with Gasteiger partial charge in [0.05, 0.1) is 0 Å². The van der Waals surface area contributed by atoms with E-state index < -0.39 is 48.6 Å². The third-order valence-corrected chi connectivity index (χ3v) is 3.52. The van der Waals surface area contributed by atoms with Gasteiger partial charge in [0, 0.05) is 6.92 Å². The first kappa shape index (κ1) is 13.3. The predicted molar refractivity (Wildman–Crippen MR) is 60.0 cm³/mol. The minimum absolute atomic E-state index is 0.0520. The fourth-order valence-electron chi connectivity index (χ4n) is 2.79. The summed E-state index contributed by atoms with van der Waals surface area (Å²) in [6.45, 7) is 4.93. The second-order valence-electron chi connectivity index (χ2n) is 5.50. The standard InChI is InChI=1S/C12H18O7/c1-5(13)15-4-6-8-7(14)9-10(11(16-6)17-8)19-12(2,3)18-9/h6-11,14H,4H2,1-3H3/t6-,7+,8+,9-,10-,11-/m0/s1. The number of fused-ring (bicyclic) bond motifs is 4. The maximum Gasteiger partial charge on any atom is 0.302 e. The second-order valence-corrected chi connectivity index (χ2v) is 5.50. The van der Waals surface area contributed by atoms with Crippen molar-refractivity contribution in [1.29, 1.82) is 0 Å². The first-order chi connectivity index (χ1) is 8.87. The maximum absolute atomic E-state index is 10.8. The highest BCUT2D eigenvalue weighted by Crippen LogP contribution is 2.42. The van der Waals surface area contributed by atoms with Gasteiger partial charge >= 0.3 is 5.97 Å². The van der Waals surface area contributed by atoms with Crippen LogP contribution in [0.15, 0.2) is 0 Å². The monoisotopic (exact) mass is 274 g/mol. The molecule has 3 aliphatic rings. The van der Waals surface area contributed by atoms with Crippen LogP contribution in [-0.2, 0) is 28.5 Å². The Kier molecular flexibility index (Phi) is 3.06. The van der Waals surface area contributed by atoms with Crippen molar-refractivity contribution in [3.8, 4) is 0 Å². The molecule has 0 aromatic rings. The SMILES string of the molecule is CC(=O)OC[C@@H]1O[C@H]2O[C@H]1[C@@H](O)[C@@H]1OC(C)(C)O[C@H]21. The molecule has 2 bridgehead atoms. The molecule has 108 valence electrons. The lowest BCUT2D eigenvalue weighted by Crippen LogP contribution is -2.53. The molecule has 0 saturated carbocycles. The van der Waals surface area contributed by atoms with Gasteiger partial charge in [-0.1, -0.05) is 0 Å². The van der Waals surface area contributed by atoms with E-state index in [4.69, 9.17) is 23.7 Å². The summed E-state index contributed by atoms with van der Waals surface area (Å²) in [5.41, 5.74) is 0. The van der Waals surface area contributed by atoms with Gasteiger partial charge in [0.15, 0.2) is 12.1 Å². The summed E-state index contributed by atoms with van der Waals surface area (Å²) in [5.74, 6) is -1.16. The van der Waals surface area contributed by atoms with E-state index in [1.165, 1.54) is 6.92 Å². The van der Waals surface area contributed by atoms with E-state index in [1.54, 1.807) is 13.8 Å². The molecule has 6 atom stereocenters. The predicted octanol–water partition coefficient (Wildman–Crippen LogP) is -0.446. The van der Waals surface area contributed by atoms with Crippen molar-refractivity contribution in [2.75, 3.05) is 6.61 Å². The van der Waals surface area contributed by atoms with Gasteiger partial charge in [-0.25, -0.2) is 0 Å². The van der Waals surface area contributed by atoms with Crippen LogP contribution in [0, 0.1) is 0 Å². The van der Waals surface area contributed by atoms with Crippen LogP contribution in [0.3, 0.4) is 0 Å². The average Bonchev–Trinajstić information content (AvgIpc) is 2.83. The third-order valence-electron chi connectivity index (χ3n) is 3.52. The van der Waals surface area contributed by atoms with E-state index in [0.717, 1.165) is 0 Å². The van der Waals surface area contributed by atoms with Gasteiger partial charge in [0.2, 0.25) is 0 Å². The van der Waals surface area contributed by atoms with Crippen LogP contribution in [0.4, 0.5) is 0 Å². The highest BCUT2D eigenvalue weighted by atomic mass is 16.8. The summed E-state index contributed by atoms with van der Waals surface area (Å²) in [6, 6.07) is 0. The number of aliphatic hydroxyl groups excluding tert-OH is 1. The van der Waals surface area contributed by atoms with Gasteiger partial charge < -0.3 is 28.8 Å². The van der Waals surface area contributed by atoms with Crippen LogP contribution >= 0.6 is 0 Å². The Morgan fingerprint density at radius 1 is 1.21 bits per heavy atom. The van der Waals surface area contributed by atoms with Crippen molar-refractivity contribution in [2.24, 2.45) is 0 Å². The smallest absolute Gasteiger partial charge is 0.302 e. The molecule has 3 fully saturated rings. The van der Waals surface area contributed by atoms with E-state index in [-0.39, 0.29) is 6.61 Å². The number of carbonyl (C=O) groups is 1. The minimum atomic E-state index is -0.869. The number of esters is 1. The molecule has 0 aliphatic carbocycles. The van der Waals surface area contributed by atoms with Crippen molar-refractivity contribution in [3.63, 3.8) is 0 Å². The number of rotatable bonds is 2. The highest BCUT2D eigenvalue weighted by molar-refractivity contribution is 5.65. The number of carbonyl (C=O) groups excluding carboxylic acids is 1. The summed E-state index contributed by atoms with van der Waals surface area (Å²) >= 11 is 0. The molecule has 0 aromatic carbocycles. The molecule has 7 heteroatoms. The number of ether oxygens (including phenoxy) is 5. The lowest BCUT2D eigenvalue weighted by molar-refractivity contribution is -0.199. The van der Waals surface area contributed by atoms with E-state index in [2.05, 4.69) is 0 Å². The zero-order valence-electron chi connectivity index (χ0n) is 11.1. The lowest BCUT2D eigenvalue weighted by atomic mass is 9.98. The second kappa shape index (κ2) is 4.39. The lowest BCUT2D eigenvalue weighted by Gasteiger charge is -2.32. The normalized spacial score (nSPS) is 46.9. The van der Waals surface area contributed by atoms with Crippen LogP contribution < -0.4 is 0 Å². The molecule has 3 saturated heterocycles. The Morgan fingerprint density at radius 2 is 1.89 bits per heavy atom. The van der Waals surface area contributed by atoms with Gasteiger partial charge in [-0.2, -0.15) is 0 Å². The Hall–Kier alpha value is -0.730. The molecule has 3 rings (SSSR count). The van der Waals surface area contributed by atoms with E-state index in [9.17, 15) is 9.90 Å². The molecule has 1 N–H and O–H groups in total. The molecule has 0 radical (unpaired) electrons. The van der Waals surface area contributed by atoms with E-state index in [1.807, 2.05) is 0 Å². The first-order valence-electron chi connectivity index (χ1n) is 6.35. The molecule has 19 heavy (non-hydrogen) atoms. The average molecular weight is 274 g/mol. The highest BCUT2D eigenvalue weighted by Gasteiger charge is 2.61. The van der Waals surface area contributed by atoms with Gasteiger partial charge in [-0.05, 0) is 13.8 Å². The fourth-order valence-corrected chi connectivity index (χ4v) is 2.79. The first-order valence-corrected chi connectivity index (χ1v) is 6.35. The van der Waals surface area contributed by atoms with Crippen molar-refractivity contribution < 1.29 is 33.6 Å². The quantitative estimate of drug-likeness (QED) is 0.683. The number of hydrogen-bond acceptors (Lipinski definition) is 7. The molecule has 3 aliphatic heterocycles. The Balaban J connectivity index is 1.72. The molecule has 0 spiro atoms. The van der Waals surface area contributed by atoms with E-state index in [0.29, 0.717) is 0 Å². The number of aliphatic hydroxyl groups is 1. The fraction of sp³-hybridized carbons (Fsp3) is 0.917. The Bertz CT molecular complexity index is 374. The third kappa shape index (κ3) is 2.25. The van der Waals surface area contributed by atoms with Gasteiger partial charge in [0.1, 0.15) is 37.1 Å². The van der Waals surface area contributed by atoms with Crippen molar-refractivity contribution >= 4 is 5.97 Å². The van der Waals surface area contributed by atoms with Crippen LogP contribution in [-0.4, -0.2) is 60.3 Å². The van der Waals surface area contributed by atoms with Crippen molar-refractivity contribution in [2.45, 2.75) is 63.4 Å². The van der Waals surface area contributed by atoms with Crippen LogP contribution in [0.25, 0.3) is 0 Å². The van der Waals surface area contributed by atoms with E-state index >= 15 is 0 Å². The maximum atomic E-state index is 10.8. The molecule has 3 heterocycles. The number of hydrogen-bond donors (Lipinski definition) is 1. The van der Waals surface area contributed by atoms with Crippen LogP contribution in [0.1, 0.15) is 20.8 Å². The summed E-state index contributed by atoms with van der Waals surface area (Å²) < 4.78 is 27.5. The molecule has 0 amide bonds. The molecule has 0 unspecified atom stereocenters. The molecule has 7 nitrogen and oxygen atoms in total. The summed E-state index contributed by atoms with van der Waals surface area (Å²) in [4.78, 5) is 10.8. The van der Waals surface area contributed by atoms with Crippen molar-refractivity contribution in [1.82, 2.24) is 0 Å². The zero-order valence-corrected chi connectivity index (χ0v) is 11.1. The van der Waals surface area contributed by atoms with Crippen molar-refractivity contribution in [3.05, 3.63) is 0 Å².